The van der Waals surface area contributed by atoms with E-state index in [0.29, 0.717) is 10.6 Å². The Kier molecular flexibility index (Phi) is 3.89. The molecule has 0 saturated heterocycles. The molecule has 94 valence electrons. The molecule has 18 heavy (non-hydrogen) atoms. The van der Waals surface area contributed by atoms with Crippen LogP contribution in [0.5, 0.6) is 0 Å². The fourth-order valence-electron chi connectivity index (χ4n) is 1.34. The van der Waals surface area contributed by atoms with E-state index in [1.54, 1.807) is 0 Å². The van der Waals surface area contributed by atoms with Crippen molar-refractivity contribution in [3.63, 3.8) is 0 Å². The zero-order chi connectivity index (χ0) is 13.3. The highest BCUT2D eigenvalue weighted by atomic mass is 79.9. The van der Waals surface area contributed by atoms with Crippen molar-refractivity contribution in [2.24, 2.45) is 0 Å². The molecule has 1 N–H and O–H groups in total. The molecule has 0 aliphatic heterocycles. The van der Waals surface area contributed by atoms with Crippen molar-refractivity contribution >= 4 is 39.1 Å². The first-order chi connectivity index (χ1) is 8.47. The maximum Gasteiger partial charge on any atom is 0.328 e. The lowest BCUT2D eigenvalue weighted by Gasteiger charge is -2.07. The third-order valence-electron chi connectivity index (χ3n) is 2.20. The van der Waals surface area contributed by atoms with E-state index in [-0.39, 0.29) is 16.2 Å². The van der Waals surface area contributed by atoms with Gasteiger partial charge < -0.3 is 0 Å². The number of nitrogens with one attached hydrogen (secondary N) is 1. The molecule has 8 heteroatoms. The van der Waals surface area contributed by atoms with Crippen LogP contribution < -0.4 is 11.2 Å². The summed E-state index contributed by atoms with van der Waals surface area (Å²) in [5, 5.41) is 0.683. The standard InChI is InChI=1S/C10H6BrCl2N3O2/c11-6-4-16(10(18)15-9(6)17)3-5-2-14-8(13)1-7(5)12/h1-2,4H,3H2,(H,15,17,18). The molecule has 0 aliphatic rings. The van der Waals surface area contributed by atoms with Crippen LogP contribution in [0.2, 0.25) is 10.2 Å². The summed E-state index contributed by atoms with van der Waals surface area (Å²) in [6, 6.07) is 1.49. The molecule has 2 rings (SSSR count). The fourth-order valence-corrected chi connectivity index (χ4v) is 2.11. The van der Waals surface area contributed by atoms with Crippen LogP contribution in [0.4, 0.5) is 0 Å². The molecule has 5 nitrogen and oxygen atoms in total. The summed E-state index contributed by atoms with van der Waals surface area (Å²) in [6.07, 6.45) is 2.88. The van der Waals surface area contributed by atoms with Crippen molar-refractivity contribution in [1.29, 1.82) is 0 Å². The average molecular weight is 351 g/mol. The third kappa shape index (κ3) is 2.82. The quantitative estimate of drug-likeness (QED) is 0.843. The lowest BCUT2D eigenvalue weighted by molar-refractivity contribution is 0.714. The maximum absolute atomic E-state index is 11.6. The first-order valence-electron chi connectivity index (χ1n) is 4.76. The number of rotatable bonds is 2. The second kappa shape index (κ2) is 5.26. The summed E-state index contributed by atoms with van der Waals surface area (Å²) in [6.45, 7) is 0.192. The largest absolute Gasteiger partial charge is 0.328 e. The van der Waals surface area contributed by atoms with E-state index in [2.05, 4.69) is 25.9 Å². The highest BCUT2D eigenvalue weighted by Gasteiger charge is 2.06. The number of H-pyrrole nitrogens is 1. The molecule has 0 saturated carbocycles. The van der Waals surface area contributed by atoms with E-state index in [0.717, 1.165) is 0 Å². The van der Waals surface area contributed by atoms with Gasteiger partial charge in [0.05, 0.1) is 16.0 Å². The van der Waals surface area contributed by atoms with Crippen molar-refractivity contribution in [2.45, 2.75) is 6.54 Å². The van der Waals surface area contributed by atoms with Gasteiger partial charge in [-0.2, -0.15) is 0 Å². The minimum Gasteiger partial charge on any atom is -0.295 e. The maximum atomic E-state index is 11.6. The summed E-state index contributed by atoms with van der Waals surface area (Å²) < 4.78 is 1.57. The predicted molar refractivity (Wildman–Crippen MR) is 72.4 cm³/mol. The highest BCUT2D eigenvalue weighted by molar-refractivity contribution is 9.10. The molecular formula is C10H6BrCl2N3O2. The summed E-state index contributed by atoms with van der Waals surface area (Å²) in [4.78, 5) is 28.8. The number of hydrogen-bond donors (Lipinski definition) is 1. The van der Waals surface area contributed by atoms with Gasteiger partial charge >= 0.3 is 5.69 Å². The lowest BCUT2D eigenvalue weighted by atomic mass is 10.3. The summed E-state index contributed by atoms with van der Waals surface area (Å²) >= 11 is 14.7. The molecule has 0 fully saturated rings. The Morgan fingerprint density at radius 1 is 1.39 bits per heavy atom. The Labute approximate surface area is 120 Å². The van der Waals surface area contributed by atoms with E-state index in [4.69, 9.17) is 23.2 Å². The SMILES string of the molecule is O=c1[nH]c(=O)n(Cc2cnc(Cl)cc2Cl)cc1Br. The van der Waals surface area contributed by atoms with Crippen LogP contribution in [0.15, 0.2) is 32.5 Å². The molecular weight excluding hydrogens is 345 g/mol. The number of nitrogens with zero attached hydrogens (tertiary/aromatic N) is 2. The van der Waals surface area contributed by atoms with Crippen LogP contribution in [0.25, 0.3) is 0 Å². The van der Waals surface area contributed by atoms with Gasteiger partial charge in [0.2, 0.25) is 0 Å². The molecule has 2 aromatic heterocycles. The summed E-state index contributed by atoms with van der Waals surface area (Å²) in [7, 11) is 0. The molecule has 0 amide bonds. The normalized spacial score (nSPS) is 10.6. The van der Waals surface area contributed by atoms with E-state index in [9.17, 15) is 9.59 Å². The van der Waals surface area contributed by atoms with Crippen LogP contribution in [0.3, 0.4) is 0 Å². The van der Waals surface area contributed by atoms with Crippen molar-refractivity contribution in [3.8, 4) is 0 Å². The molecule has 0 radical (unpaired) electrons. The van der Waals surface area contributed by atoms with Crippen molar-refractivity contribution in [1.82, 2.24) is 14.5 Å². The Hall–Kier alpha value is -1.11. The zero-order valence-corrected chi connectivity index (χ0v) is 11.9. The molecule has 0 unspecified atom stereocenters. The second-order valence-electron chi connectivity index (χ2n) is 3.46. The first kappa shape index (κ1) is 13.3. The van der Waals surface area contributed by atoms with E-state index < -0.39 is 11.2 Å². The number of hydrogen-bond acceptors (Lipinski definition) is 3. The summed E-state index contributed by atoms with van der Waals surface area (Å²) in [5.41, 5.74) is -0.368. The molecule has 0 aliphatic carbocycles. The molecule has 0 aromatic carbocycles. The van der Waals surface area contributed by atoms with E-state index in [1.165, 1.54) is 23.0 Å². The minimum atomic E-state index is -0.519. The Morgan fingerprint density at radius 2 is 2.11 bits per heavy atom. The van der Waals surface area contributed by atoms with E-state index >= 15 is 0 Å². The third-order valence-corrected chi connectivity index (χ3v) is 3.33. The van der Waals surface area contributed by atoms with Gasteiger partial charge in [0.15, 0.2) is 0 Å². The number of halogens is 3. The molecule has 2 aromatic rings. The fraction of sp³-hybridized carbons (Fsp3) is 0.100. The molecule has 0 spiro atoms. The van der Waals surface area contributed by atoms with Gasteiger partial charge in [-0.3, -0.25) is 14.3 Å². The van der Waals surface area contributed by atoms with Gasteiger partial charge in [-0.25, -0.2) is 9.78 Å². The van der Waals surface area contributed by atoms with Gasteiger partial charge in [0, 0.05) is 18.0 Å². The summed E-state index contributed by atoms with van der Waals surface area (Å²) in [5.74, 6) is 0. The predicted octanol–water partition coefficient (Wildman–Crippen LogP) is 2.05. The van der Waals surface area contributed by atoms with Gasteiger partial charge in [-0.1, -0.05) is 23.2 Å². The smallest absolute Gasteiger partial charge is 0.295 e. The van der Waals surface area contributed by atoms with Crippen LogP contribution in [0.1, 0.15) is 5.56 Å². The van der Waals surface area contributed by atoms with Crippen molar-refractivity contribution < 1.29 is 0 Å². The van der Waals surface area contributed by atoms with Crippen LogP contribution in [-0.2, 0) is 6.54 Å². The number of pyridine rings is 1. The van der Waals surface area contributed by atoms with Gasteiger partial charge in [-0.15, -0.1) is 0 Å². The highest BCUT2D eigenvalue weighted by Crippen LogP contribution is 2.19. The van der Waals surface area contributed by atoms with E-state index in [1.807, 2.05) is 0 Å². The monoisotopic (exact) mass is 349 g/mol. The van der Waals surface area contributed by atoms with Crippen molar-refractivity contribution in [3.05, 3.63) is 59.5 Å². The first-order valence-corrected chi connectivity index (χ1v) is 6.31. The lowest BCUT2D eigenvalue weighted by Crippen LogP contribution is -2.30. The van der Waals surface area contributed by atoms with Crippen LogP contribution in [-0.4, -0.2) is 14.5 Å². The number of aromatic nitrogens is 3. The van der Waals surface area contributed by atoms with Gasteiger partial charge in [-0.05, 0) is 22.0 Å². The molecule has 0 bridgehead atoms. The number of aromatic amines is 1. The van der Waals surface area contributed by atoms with Crippen LogP contribution in [0, 0.1) is 0 Å². The minimum absolute atomic E-state index is 0.192. The molecule has 2 heterocycles. The Balaban J connectivity index is 2.43. The second-order valence-corrected chi connectivity index (χ2v) is 5.11. The van der Waals surface area contributed by atoms with Gasteiger partial charge in [0.25, 0.3) is 5.56 Å². The van der Waals surface area contributed by atoms with Gasteiger partial charge in [0.1, 0.15) is 5.15 Å². The van der Waals surface area contributed by atoms with Crippen molar-refractivity contribution in [2.75, 3.05) is 0 Å². The molecule has 0 atom stereocenters. The average Bonchev–Trinajstić information content (AvgIpc) is 2.29. The Morgan fingerprint density at radius 3 is 2.78 bits per heavy atom. The Bertz CT molecular complexity index is 711. The van der Waals surface area contributed by atoms with Crippen LogP contribution >= 0.6 is 39.1 Å². The zero-order valence-electron chi connectivity index (χ0n) is 8.78. The topological polar surface area (TPSA) is 67.8 Å².